The van der Waals surface area contributed by atoms with Gasteiger partial charge in [0.2, 0.25) is 0 Å². The van der Waals surface area contributed by atoms with Crippen LogP contribution < -0.4 is 5.32 Å². The summed E-state index contributed by atoms with van der Waals surface area (Å²) in [6.07, 6.45) is 3.79. The van der Waals surface area contributed by atoms with Crippen LogP contribution in [0, 0.1) is 5.92 Å². The molecule has 148 valence electrons. The summed E-state index contributed by atoms with van der Waals surface area (Å²) in [5, 5.41) is 3.95. The van der Waals surface area contributed by atoms with E-state index >= 15 is 0 Å². The first kappa shape index (κ1) is 20.0. The van der Waals surface area contributed by atoms with Crippen molar-refractivity contribution in [1.82, 2.24) is 10.2 Å². The number of halogens is 1. The first-order valence-corrected chi connectivity index (χ1v) is 11.4. The third-order valence-electron chi connectivity index (χ3n) is 5.80. The van der Waals surface area contributed by atoms with E-state index in [0.29, 0.717) is 22.1 Å². The molecule has 1 amide bonds. The number of piperidine rings is 3. The summed E-state index contributed by atoms with van der Waals surface area (Å²) in [7, 11) is 0. The molecule has 2 bridgehead atoms. The van der Waals surface area contributed by atoms with E-state index in [1.165, 1.54) is 24.9 Å². The van der Waals surface area contributed by atoms with Gasteiger partial charge in [-0.05, 0) is 70.0 Å². The van der Waals surface area contributed by atoms with Crippen molar-refractivity contribution in [3.8, 4) is 0 Å². The number of furan rings is 1. The maximum Gasteiger partial charge on any atom is 0.251 e. The minimum atomic E-state index is -0.0297. The second-order valence-corrected chi connectivity index (χ2v) is 10.9. The molecule has 3 saturated heterocycles. The summed E-state index contributed by atoms with van der Waals surface area (Å²) < 4.78 is 5.39. The third-order valence-corrected chi connectivity index (χ3v) is 8.08. The molecule has 0 radical (unpaired) electrons. The summed E-state index contributed by atoms with van der Waals surface area (Å²) >= 11 is 3.93. The van der Waals surface area contributed by atoms with Crippen LogP contribution in [-0.2, 0) is 0 Å². The van der Waals surface area contributed by atoms with E-state index in [-0.39, 0.29) is 21.3 Å². The first-order chi connectivity index (χ1) is 13.3. The number of hydrogen-bond acceptors (Lipinski definition) is 5. The third kappa shape index (κ3) is 3.89. The molecule has 4 heterocycles. The van der Waals surface area contributed by atoms with E-state index < -0.39 is 0 Å². The van der Waals surface area contributed by atoms with Gasteiger partial charge in [0.15, 0.2) is 10.9 Å². The van der Waals surface area contributed by atoms with Gasteiger partial charge in [-0.1, -0.05) is 34.4 Å². The van der Waals surface area contributed by atoms with Crippen molar-refractivity contribution in [3.63, 3.8) is 0 Å². The van der Waals surface area contributed by atoms with E-state index in [1.54, 1.807) is 6.07 Å². The van der Waals surface area contributed by atoms with Crippen LogP contribution in [0.25, 0.3) is 0 Å². The standard InChI is InChI=1S/C21H23IN2O3S/c1-13(25)16-11-18(27-12-16)28-17-5-3-15(4-6-17)20(26)23-19-14-7-9-24(10-8-14)21(19,2)22/h3-6,11-12,14,19H,7-10H2,1-2H3,(H,23,26)/t19-,21-/m1/s1. The second-order valence-electron chi connectivity index (χ2n) is 7.64. The second kappa shape index (κ2) is 7.84. The normalized spacial score (nSPS) is 28.9. The molecule has 2 atom stereocenters. The van der Waals surface area contributed by atoms with Crippen LogP contribution in [0.4, 0.5) is 0 Å². The molecule has 1 aromatic carbocycles. The Hall–Kier alpha value is -1.32. The topological polar surface area (TPSA) is 62.6 Å². The number of nitrogens with zero attached hydrogens (tertiary/aromatic N) is 1. The molecule has 0 aliphatic carbocycles. The number of hydrogen-bond donors (Lipinski definition) is 1. The van der Waals surface area contributed by atoms with Crippen molar-refractivity contribution in [3.05, 3.63) is 47.7 Å². The van der Waals surface area contributed by atoms with Crippen LogP contribution in [0.1, 0.15) is 47.4 Å². The average Bonchev–Trinajstić information content (AvgIpc) is 3.14. The lowest BCUT2D eigenvalue weighted by Crippen LogP contribution is -2.67. The molecule has 2 aromatic rings. The van der Waals surface area contributed by atoms with Crippen molar-refractivity contribution in [2.24, 2.45) is 5.92 Å². The summed E-state index contributed by atoms with van der Waals surface area (Å²) in [6.45, 7) is 5.99. The zero-order chi connectivity index (χ0) is 19.9. The fourth-order valence-electron chi connectivity index (χ4n) is 4.12. The number of alkyl halides is 1. The van der Waals surface area contributed by atoms with Crippen LogP contribution in [0.3, 0.4) is 0 Å². The fraction of sp³-hybridized carbons (Fsp3) is 0.429. The predicted molar refractivity (Wildman–Crippen MR) is 117 cm³/mol. The highest BCUT2D eigenvalue weighted by Gasteiger charge is 2.49. The maximum atomic E-state index is 12.8. The molecule has 5 rings (SSSR count). The molecule has 0 unspecified atom stereocenters. The van der Waals surface area contributed by atoms with Crippen molar-refractivity contribution < 1.29 is 14.0 Å². The van der Waals surface area contributed by atoms with Crippen molar-refractivity contribution in [2.75, 3.05) is 13.1 Å². The van der Waals surface area contributed by atoms with E-state index in [1.807, 2.05) is 24.3 Å². The minimum absolute atomic E-state index is 0.0161. The molecular weight excluding hydrogens is 487 g/mol. The Morgan fingerprint density at radius 2 is 1.89 bits per heavy atom. The lowest BCUT2D eigenvalue weighted by Gasteiger charge is -2.55. The van der Waals surface area contributed by atoms with Gasteiger partial charge < -0.3 is 9.73 Å². The molecule has 0 saturated carbocycles. The minimum Gasteiger partial charge on any atom is -0.457 e. The highest BCUT2D eigenvalue weighted by Crippen LogP contribution is 2.43. The quantitative estimate of drug-likeness (QED) is 0.276. The zero-order valence-corrected chi connectivity index (χ0v) is 18.9. The highest BCUT2D eigenvalue weighted by atomic mass is 127. The number of benzene rings is 1. The lowest BCUT2D eigenvalue weighted by atomic mass is 9.79. The molecule has 3 fully saturated rings. The summed E-state index contributed by atoms with van der Waals surface area (Å²) in [6, 6.07) is 9.43. The summed E-state index contributed by atoms with van der Waals surface area (Å²) in [4.78, 5) is 27.6. The Labute approximate surface area is 182 Å². The van der Waals surface area contributed by atoms with Gasteiger partial charge in [0, 0.05) is 16.5 Å². The van der Waals surface area contributed by atoms with Gasteiger partial charge in [0.05, 0.1) is 15.2 Å². The van der Waals surface area contributed by atoms with E-state index in [4.69, 9.17) is 4.42 Å². The van der Waals surface area contributed by atoms with Gasteiger partial charge in [0.25, 0.3) is 5.91 Å². The van der Waals surface area contributed by atoms with Crippen LogP contribution in [-0.4, -0.2) is 39.3 Å². The Balaban J connectivity index is 1.42. The van der Waals surface area contributed by atoms with Crippen LogP contribution in [0.5, 0.6) is 0 Å². The number of Topliss-reactive ketones (excluding diaryl/α,β-unsaturated/α-hetero) is 1. The van der Waals surface area contributed by atoms with Gasteiger partial charge in [-0.3, -0.25) is 14.5 Å². The molecular formula is C21H23IN2O3S. The number of ketones is 1. The van der Waals surface area contributed by atoms with Gasteiger partial charge in [-0.2, -0.15) is 0 Å². The highest BCUT2D eigenvalue weighted by molar-refractivity contribution is 14.1. The molecule has 7 heteroatoms. The first-order valence-electron chi connectivity index (χ1n) is 9.47. The average molecular weight is 510 g/mol. The molecule has 1 aromatic heterocycles. The molecule has 28 heavy (non-hydrogen) atoms. The van der Waals surface area contributed by atoms with Crippen molar-refractivity contribution >= 4 is 46.0 Å². The van der Waals surface area contributed by atoms with Gasteiger partial charge in [-0.25, -0.2) is 0 Å². The molecule has 5 nitrogen and oxygen atoms in total. The SMILES string of the molecule is CC(=O)c1coc(Sc2ccc(C(=O)N[C@@H]3C4CCN(CC4)[C@@]3(C)I)cc2)c1. The fourth-order valence-corrected chi connectivity index (χ4v) is 6.05. The van der Waals surface area contributed by atoms with Gasteiger partial charge >= 0.3 is 0 Å². The van der Waals surface area contributed by atoms with Crippen molar-refractivity contribution in [2.45, 2.75) is 46.3 Å². The summed E-state index contributed by atoms with van der Waals surface area (Å²) in [5.74, 6) is 0.521. The number of carbonyl (C=O) groups is 2. The molecule has 0 spiro atoms. The Kier molecular flexibility index (Phi) is 5.59. The van der Waals surface area contributed by atoms with Crippen molar-refractivity contribution in [1.29, 1.82) is 0 Å². The number of carbonyl (C=O) groups excluding carboxylic acids is 2. The van der Waals surface area contributed by atoms with E-state index in [2.05, 4.69) is 39.7 Å². The molecule has 3 aliphatic heterocycles. The largest absolute Gasteiger partial charge is 0.457 e. The van der Waals surface area contributed by atoms with E-state index in [0.717, 1.165) is 30.8 Å². The number of rotatable bonds is 5. The zero-order valence-electron chi connectivity index (χ0n) is 15.9. The molecule has 3 aliphatic rings. The molecule has 1 N–H and O–H groups in total. The van der Waals surface area contributed by atoms with E-state index in [9.17, 15) is 9.59 Å². The smallest absolute Gasteiger partial charge is 0.251 e. The monoisotopic (exact) mass is 510 g/mol. The van der Waals surface area contributed by atoms with Gasteiger partial charge in [0.1, 0.15) is 6.26 Å². The Bertz CT molecular complexity index is 885. The lowest BCUT2D eigenvalue weighted by molar-refractivity contribution is 0.0126. The van der Waals surface area contributed by atoms with Crippen LogP contribution >= 0.6 is 34.4 Å². The number of amides is 1. The Morgan fingerprint density at radius 3 is 2.46 bits per heavy atom. The predicted octanol–water partition coefficient (Wildman–Crippen LogP) is 4.61. The van der Waals surface area contributed by atoms with Crippen LogP contribution in [0.15, 0.2) is 51.0 Å². The number of nitrogens with one attached hydrogen (secondary N) is 1. The Morgan fingerprint density at radius 1 is 1.21 bits per heavy atom. The summed E-state index contributed by atoms with van der Waals surface area (Å²) in [5.41, 5.74) is 1.23. The van der Waals surface area contributed by atoms with Crippen LogP contribution in [0.2, 0.25) is 0 Å². The number of fused-ring (bicyclic) bond motifs is 3. The van der Waals surface area contributed by atoms with Gasteiger partial charge in [-0.15, -0.1) is 0 Å². The maximum absolute atomic E-state index is 12.8.